The maximum atomic E-state index is 9.87. The van der Waals surface area contributed by atoms with Gasteiger partial charge in [-0.15, -0.1) is 0 Å². The van der Waals surface area contributed by atoms with Gasteiger partial charge in [0.25, 0.3) is 0 Å². The second-order valence-electron chi connectivity index (χ2n) is 2.32. The van der Waals surface area contributed by atoms with E-state index < -0.39 is 7.81 Å². The fourth-order valence-corrected chi connectivity index (χ4v) is 1.11. The second-order valence-corrected chi connectivity index (χ2v) is 4.99. The van der Waals surface area contributed by atoms with Crippen LogP contribution in [-0.2, 0) is 6.54 Å². The van der Waals surface area contributed by atoms with Crippen molar-refractivity contribution in [3.8, 4) is 0 Å². The van der Waals surface area contributed by atoms with Crippen molar-refractivity contribution in [2.45, 2.75) is 13.5 Å². The number of aromatic nitrogens is 1. The van der Waals surface area contributed by atoms with Crippen molar-refractivity contribution in [3.05, 3.63) is 17.1 Å². The Balaban J connectivity index is 0.000000241. The molecule has 0 radical (unpaired) electrons. The van der Waals surface area contributed by atoms with Crippen molar-refractivity contribution in [2.24, 2.45) is 0 Å². The van der Waals surface area contributed by atoms with Crippen LogP contribution in [0.3, 0.4) is 0 Å². The van der Waals surface area contributed by atoms with E-state index in [1.54, 1.807) is 11.3 Å². The topological polar surface area (TPSA) is 3.88 Å². The van der Waals surface area contributed by atoms with Gasteiger partial charge in [0.2, 0.25) is 5.51 Å². The monoisotopic (exact) mass is 259 g/mol. The van der Waals surface area contributed by atoms with Crippen LogP contribution < -0.4 is 4.57 Å². The molecule has 1 aromatic heterocycles. The third-order valence-electron chi connectivity index (χ3n) is 0.892. The zero-order chi connectivity index (χ0) is 11.5. The fraction of sp³-hybridized carbons (Fsp3) is 0.400. The van der Waals surface area contributed by atoms with Crippen LogP contribution in [0.5, 0.6) is 0 Å². The van der Waals surface area contributed by atoms with Gasteiger partial charge in [-0.25, -0.2) is 0 Å². The number of hydrogen-bond donors (Lipinski definition) is 0. The number of aryl methyl sites for hydroxylation is 1. The number of thiazole rings is 1. The first-order chi connectivity index (χ1) is 5.88. The molecule has 0 aliphatic carbocycles. The molecule has 0 amide bonds. The molecular formula is C5H8F6NPS. The second kappa shape index (κ2) is 3.34. The third-order valence-corrected chi connectivity index (χ3v) is 1.56. The molecule has 1 rings (SSSR count). The molecule has 0 N–H and O–H groups in total. The Bertz CT molecular complexity index is 263. The van der Waals surface area contributed by atoms with E-state index in [1.807, 2.05) is 0 Å². The van der Waals surface area contributed by atoms with Gasteiger partial charge in [-0.2, -0.15) is 4.57 Å². The molecule has 0 aromatic carbocycles. The van der Waals surface area contributed by atoms with Crippen LogP contribution in [0.15, 0.2) is 17.1 Å². The van der Waals surface area contributed by atoms with Crippen LogP contribution in [-0.4, -0.2) is 0 Å². The fourth-order valence-electron chi connectivity index (χ4n) is 0.442. The summed E-state index contributed by atoms with van der Waals surface area (Å²) in [4.78, 5) is 0. The molecule has 0 aliphatic rings. The standard InChI is InChI=1S/C5H8NS.F6P/c1-2-6-3-4-7-5-6;1-7(2,3,4,5)6/h3-5H,2H2,1H3;/q+1;-1. The molecule has 1 heterocycles. The normalized spacial score (nSPS) is 16.2. The van der Waals surface area contributed by atoms with Gasteiger partial charge in [-0.3, -0.25) is 0 Å². The van der Waals surface area contributed by atoms with Crippen molar-refractivity contribution in [1.29, 1.82) is 0 Å². The average Bonchev–Trinajstić information content (AvgIpc) is 2.29. The summed E-state index contributed by atoms with van der Waals surface area (Å²) in [5.41, 5.74) is 2.10. The molecule has 0 saturated carbocycles. The zero-order valence-electron chi connectivity index (χ0n) is 7.01. The first kappa shape index (κ1) is 13.6. The SMILES string of the molecule is CC[n+]1ccsc1.F[P-](F)(F)(F)(F)F. The maximum absolute atomic E-state index is 10.7. The van der Waals surface area contributed by atoms with Gasteiger partial charge in [0.05, 0.1) is 5.38 Å². The molecule has 1 aromatic rings. The van der Waals surface area contributed by atoms with E-state index in [2.05, 4.69) is 28.6 Å². The summed E-state index contributed by atoms with van der Waals surface area (Å²) >= 11 is 1.73. The van der Waals surface area contributed by atoms with E-state index in [1.165, 1.54) is 0 Å². The number of halogens is 6. The first-order valence-corrected chi connectivity index (χ1v) is 6.33. The van der Waals surface area contributed by atoms with Gasteiger partial charge in [0, 0.05) is 0 Å². The number of nitrogens with zero attached hydrogens (tertiary/aromatic N) is 1. The summed E-state index contributed by atoms with van der Waals surface area (Å²) in [6.07, 6.45) is 2.07. The zero-order valence-corrected chi connectivity index (χ0v) is 8.72. The van der Waals surface area contributed by atoms with Gasteiger partial charge in [0.15, 0.2) is 6.20 Å². The molecule has 86 valence electrons. The summed E-state index contributed by atoms with van der Waals surface area (Å²) in [5, 5.41) is 2.07. The molecule has 0 aliphatic heterocycles. The van der Waals surface area contributed by atoms with Crippen molar-refractivity contribution >= 4 is 19.1 Å². The van der Waals surface area contributed by atoms with Crippen LogP contribution in [0.2, 0.25) is 0 Å². The van der Waals surface area contributed by atoms with Crippen molar-refractivity contribution in [3.63, 3.8) is 0 Å². The van der Waals surface area contributed by atoms with Crippen molar-refractivity contribution in [1.82, 2.24) is 0 Å². The molecule has 0 unspecified atom stereocenters. The summed E-state index contributed by atoms with van der Waals surface area (Å²) < 4.78 is 61.3. The van der Waals surface area contributed by atoms with E-state index >= 15 is 0 Å². The average molecular weight is 259 g/mol. The summed E-state index contributed by atoms with van der Waals surface area (Å²) in [6.45, 7) is 3.22. The predicted octanol–water partition coefficient (Wildman–Crippen LogP) is 4.44. The summed E-state index contributed by atoms with van der Waals surface area (Å²) in [7, 11) is -10.7. The molecule has 0 spiro atoms. The first-order valence-electron chi connectivity index (χ1n) is 3.36. The van der Waals surface area contributed by atoms with E-state index in [-0.39, 0.29) is 0 Å². The van der Waals surface area contributed by atoms with Crippen LogP contribution in [0.4, 0.5) is 25.2 Å². The molecular weight excluding hydrogens is 251 g/mol. The molecule has 1 nitrogen and oxygen atoms in total. The van der Waals surface area contributed by atoms with E-state index in [9.17, 15) is 25.2 Å². The van der Waals surface area contributed by atoms with E-state index in [4.69, 9.17) is 0 Å². The van der Waals surface area contributed by atoms with Crippen LogP contribution in [0.1, 0.15) is 6.92 Å². The van der Waals surface area contributed by atoms with E-state index in [0.29, 0.717) is 0 Å². The van der Waals surface area contributed by atoms with Gasteiger partial charge in [-0.05, 0) is 6.92 Å². The molecule has 0 fully saturated rings. The molecule has 14 heavy (non-hydrogen) atoms. The molecule has 9 heteroatoms. The van der Waals surface area contributed by atoms with Crippen molar-refractivity contribution in [2.75, 3.05) is 0 Å². The van der Waals surface area contributed by atoms with Gasteiger partial charge in [-0.1, -0.05) is 11.3 Å². The molecule has 0 saturated heterocycles. The minimum atomic E-state index is -10.7. The van der Waals surface area contributed by atoms with Gasteiger partial charge in [0.1, 0.15) is 6.54 Å². The quantitative estimate of drug-likeness (QED) is 0.399. The summed E-state index contributed by atoms with van der Waals surface area (Å²) in [5.74, 6) is 0. The van der Waals surface area contributed by atoms with Crippen molar-refractivity contribution < 1.29 is 29.7 Å². The Kier molecular flexibility index (Phi) is 3.26. The van der Waals surface area contributed by atoms with Crippen LogP contribution >= 0.6 is 19.1 Å². The number of hydrogen-bond acceptors (Lipinski definition) is 1. The Morgan fingerprint density at radius 2 is 1.57 bits per heavy atom. The Morgan fingerprint density at radius 3 is 1.71 bits per heavy atom. The summed E-state index contributed by atoms with van der Waals surface area (Å²) in [6, 6.07) is 0. The Morgan fingerprint density at radius 1 is 1.14 bits per heavy atom. The predicted molar refractivity (Wildman–Crippen MR) is 43.8 cm³/mol. The van der Waals surface area contributed by atoms with Crippen LogP contribution in [0, 0.1) is 0 Å². The third kappa shape index (κ3) is 17.7. The molecule has 0 atom stereocenters. The van der Waals surface area contributed by atoms with Crippen LogP contribution in [0.25, 0.3) is 0 Å². The van der Waals surface area contributed by atoms with Gasteiger partial charge >= 0.3 is 33.0 Å². The Labute approximate surface area is 80.2 Å². The molecule has 0 bridgehead atoms. The van der Waals surface area contributed by atoms with E-state index in [0.717, 1.165) is 6.54 Å². The minimum absolute atomic E-state index is 1.09. The Hall–Kier alpha value is -0.360. The number of rotatable bonds is 1. The van der Waals surface area contributed by atoms with Gasteiger partial charge < -0.3 is 0 Å².